The fourth-order valence-corrected chi connectivity index (χ4v) is 3.00. The molecule has 25 heavy (non-hydrogen) atoms. The average molecular weight is 338 g/mol. The normalized spacial score (nSPS) is 11.0. The van der Waals surface area contributed by atoms with Gasteiger partial charge in [-0.1, -0.05) is 12.1 Å². The van der Waals surface area contributed by atoms with Gasteiger partial charge in [0.15, 0.2) is 0 Å². The largest absolute Gasteiger partial charge is 0.497 e. The molecule has 1 N–H and O–H groups in total. The molecule has 0 saturated heterocycles. The summed E-state index contributed by atoms with van der Waals surface area (Å²) in [6.45, 7) is 3.65. The second kappa shape index (κ2) is 6.39. The van der Waals surface area contributed by atoms with E-state index >= 15 is 0 Å². The number of rotatable bonds is 4. The van der Waals surface area contributed by atoms with Crippen molar-refractivity contribution in [3.05, 3.63) is 58.5 Å². The zero-order valence-electron chi connectivity index (χ0n) is 14.2. The number of ether oxygens (including phenoxy) is 1. The first-order chi connectivity index (χ1) is 12.0. The average Bonchev–Trinajstić information content (AvgIpc) is 2.59. The van der Waals surface area contributed by atoms with E-state index in [0.29, 0.717) is 27.9 Å². The number of carboxylic acids is 1. The van der Waals surface area contributed by atoms with Gasteiger partial charge in [0.1, 0.15) is 17.0 Å². The van der Waals surface area contributed by atoms with Crippen molar-refractivity contribution >= 4 is 17.0 Å². The quantitative estimate of drug-likeness (QED) is 0.789. The predicted molar refractivity (Wildman–Crippen MR) is 95.3 cm³/mol. The molecular formula is C19H18N2O4. The van der Waals surface area contributed by atoms with E-state index in [-0.39, 0.29) is 11.6 Å². The van der Waals surface area contributed by atoms with Crippen molar-refractivity contribution in [2.45, 2.75) is 19.9 Å². The van der Waals surface area contributed by atoms with Crippen molar-refractivity contribution in [2.75, 3.05) is 7.11 Å². The topological polar surface area (TPSA) is 81.4 Å². The van der Waals surface area contributed by atoms with Crippen molar-refractivity contribution in [1.82, 2.24) is 9.55 Å². The number of carbonyl (C=O) groups is 1. The van der Waals surface area contributed by atoms with Crippen molar-refractivity contribution in [2.24, 2.45) is 0 Å². The van der Waals surface area contributed by atoms with Crippen LogP contribution in [0.4, 0.5) is 0 Å². The van der Waals surface area contributed by atoms with E-state index in [4.69, 9.17) is 4.74 Å². The van der Waals surface area contributed by atoms with Crippen LogP contribution in [0.3, 0.4) is 0 Å². The molecule has 6 nitrogen and oxygen atoms in total. The number of hydrogen-bond donors (Lipinski definition) is 1. The highest BCUT2D eigenvalue weighted by Gasteiger charge is 2.24. The molecule has 2 heterocycles. The number of fused-ring (bicyclic) bond motifs is 1. The number of carboxylic acid groups (broad SMARTS) is 1. The molecule has 0 amide bonds. The second-order valence-electron chi connectivity index (χ2n) is 5.93. The summed E-state index contributed by atoms with van der Waals surface area (Å²) in [5.74, 6) is -0.679. The van der Waals surface area contributed by atoms with Gasteiger partial charge in [-0.2, -0.15) is 0 Å². The van der Waals surface area contributed by atoms with Crippen molar-refractivity contribution in [3.8, 4) is 16.9 Å². The summed E-state index contributed by atoms with van der Waals surface area (Å²) in [4.78, 5) is 29.2. The molecule has 1 aromatic carbocycles. The Morgan fingerprint density at radius 1 is 1.24 bits per heavy atom. The summed E-state index contributed by atoms with van der Waals surface area (Å²) in [5.41, 5.74) is 0.596. The van der Waals surface area contributed by atoms with E-state index in [1.807, 2.05) is 13.8 Å². The van der Waals surface area contributed by atoms with Crippen LogP contribution in [0.15, 0.2) is 47.4 Å². The van der Waals surface area contributed by atoms with Gasteiger partial charge in [-0.25, -0.2) is 9.78 Å². The molecule has 0 aliphatic heterocycles. The molecule has 3 aromatic rings. The Hall–Kier alpha value is -3.15. The highest BCUT2D eigenvalue weighted by Crippen LogP contribution is 2.32. The maximum atomic E-state index is 12.9. The van der Waals surface area contributed by atoms with Gasteiger partial charge in [0.2, 0.25) is 0 Å². The zero-order chi connectivity index (χ0) is 18.1. The number of benzene rings is 1. The summed E-state index contributed by atoms with van der Waals surface area (Å²) in [6, 6.07) is 10.3. The molecule has 0 aliphatic carbocycles. The molecule has 0 radical (unpaired) electrons. The van der Waals surface area contributed by atoms with Crippen LogP contribution in [-0.2, 0) is 0 Å². The van der Waals surface area contributed by atoms with E-state index < -0.39 is 11.5 Å². The van der Waals surface area contributed by atoms with Gasteiger partial charge >= 0.3 is 5.97 Å². The second-order valence-corrected chi connectivity index (χ2v) is 5.93. The molecule has 0 saturated carbocycles. The van der Waals surface area contributed by atoms with Crippen LogP contribution < -0.4 is 10.3 Å². The number of pyridine rings is 2. The summed E-state index contributed by atoms with van der Waals surface area (Å²) < 4.78 is 6.65. The van der Waals surface area contributed by atoms with Crippen LogP contribution in [0.25, 0.3) is 22.2 Å². The maximum Gasteiger partial charge on any atom is 0.342 e. The van der Waals surface area contributed by atoms with E-state index in [2.05, 4.69) is 4.98 Å². The van der Waals surface area contributed by atoms with Crippen molar-refractivity contribution in [1.29, 1.82) is 0 Å². The zero-order valence-corrected chi connectivity index (χ0v) is 14.2. The molecule has 0 atom stereocenters. The van der Waals surface area contributed by atoms with Crippen molar-refractivity contribution in [3.63, 3.8) is 0 Å². The molecule has 0 aliphatic rings. The van der Waals surface area contributed by atoms with E-state index in [0.717, 1.165) is 0 Å². The lowest BCUT2D eigenvalue weighted by Crippen LogP contribution is -2.29. The molecule has 2 aromatic heterocycles. The molecular weight excluding hydrogens is 320 g/mol. The van der Waals surface area contributed by atoms with Crippen LogP contribution in [0.1, 0.15) is 30.2 Å². The van der Waals surface area contributed by atoms with E-state index in [1.54, 1.807) is 42.6 Å². The van der Waals surface area contributed by atoms with Crippen molar-refractivity contribution < 1.29 is 14.6 Å². The minimum atomic E-state index is -1.26. The smallest absolute Gasteiger partial charge is 0.342 e. The molecule has 0 unspecified atom stereocenters. The Balaban J connectivity index is 2.53. The lowest BCUT2D eigenvalue weighted by atomic mass is 9.96. The number of hydrogen-bond acceptors (Lipinski definition) is 4. The summed E-state index contributed by atoms with van der Waals surface area (Å²) in [5, 5.41) is 10.3. The molecule has 0 bridgehead atoms. The molecule has 6 heteroatoms. The monoisotopic (exact) mass is 338 g/mol. The van der Waals surface area contributed by atoms with Crippen LogP contribution in [0.5, 0.6) is 5.75 Å². The lowest BCUT2D eigenvalue weighted by Gasteiger charge is -2.18. The molecule has 0 spiro atoms. The van der Waals surface area contributed by atoms with Gasteiger partial charge in [-0.3, -0.25) is 9.36 Å². The van der Waals surface area contributed by atoms with Gasteiger partial charge in [-0.15, -0.1) is 0 Å². The summed E-state index contributed by atoms with van der Waals surface area (Å²) in [7, 11) is 1.54. The Morgan fingerprint density at radius 3 is 2.64 bits per heavy atom. The van der Waals surface area contributed by atoms with Crippen LogP contribution in [0, 0.1) is 0 Å². The first-order valence-electron chi connectivity index (χ1n) is 7.86. The number of aromatic nitrogens is 2. The Bertz CT molecular complexity index is 1020. The Morgan fingerprint density at radius 2 is 2.00 bits per heavy atom. The van der Waals surface area contributed by atoms with Gasteiger partial charge in [0.25, 0.3) is 5.56 Å². The molecule has 3 rings (SSSR count). The first-order valence-corrected chi connectivity index (χ1v) is 7.86. The Kier molecular flexibility index (Phi) is 4.27. The number of nitrogens with zero attached hydrogens (tertiary/aromatic N) is 2. The van der Waals surface area contributed by atoms with E-state index in [9.17, 15) is 14.7 Å². The SMILES string of the molecule is COc1cccc(-c2c(C(=O)O)c(=O)n(C(C)C)c3ncccc23)c1. The molecule has 128 valence electrons. The lowest BCUT2D eigenvalue weighted by molar-refractivity contribution is 0.0695. The minimum Gasteiger partial charge on any atom is -0.497 e. The molecule has 0 fully saturated rings. The predicted octanol–water partition coefficient (Wildman–Crippen LogP) is 3.35. The fourth-order valence-electron chi connectivity index (χ4n) is 3.00. The maximum absolute atomic E-state index is 12.9. The number of methoxy groups -OCH3 is 1. The highest BCUT2D eigenvalue weighted by atomic mass is 16.5. The van der Waals surface area contributed by atoms with Crippen LogP contribution in [0.2, 0.25) is 0 Å². The third-order valence-electron chi connectivity index (χ3n) is 4.06. The summed E-state index contributed by atoms with van der Waals surface area (Å²) >= 11 is 0. The van der Waals surface area contributed by atoms with Gasteiger partial charge < -0.3 is 9.84 Å². The van der Waals surface area contributed by atoms with Gasteiger partial charge in [0.05, 0.1) is 7.11 Å². The first kappa shape index (κ1) is 16.7. The minimum absolute atomic E-state index is 0.220. The van der Waals surface area contributed by atoms with Crippen LogP contribution in [-0.4, -0.2) is 27.7 Å². The third kappa shape index (κ3) is 2.76. The van der Waals surface area contributed by atoms with E-state index in [1.165, 1.54) is 11.7 Å². The van der Waals surface area contributed by atoms with Crippen LogP contribution >= 0.6 is 0 Å². The number of aromatic carboxylic acids is 1. The standard InChI is InChI=1S/C19H18N2O4/c1-11(2)21-17-14(8-5-9-20-17)15(16(18(21)22)19(23)24)12-6-4-7-13(10-12)25-3/h4-11H,1-3H3,(H,23,24). The van der Waals surface area contributed by atoms with Gasteiger partial charge in [0, 0.05) is 23.2 Å². The highest BCUT2D eigenvalue weighted by molar-refractivity contribution is 6.05. The third-order valence-corrected chi connectivity index (χ3v) is 4.06. The van der Waals surface area contributed by atoms with Gasteiger partial charge in [-0.05, 0) is 43.7 Å². The fraction of sp³-hybridized carbons (Fsp3) is 0.211. The summed E-state index contributed by atoms with van der Waals surface area (Å²) in [6.07, 6.45) is 1.59. The Labute approximate surface area is 144 Å².